The Morgan fingerprint density at radius 1 is 1.18 bits per heavy atom. The second kappa shape index (κ2) is 10.5. The van der Waals surface area contributed by atoms with Crippen LogP contribution in [0.4, 0.5) is 26.1 Å². The van der Waals surface area contributed by atoms with Crippen LogP contribution in [0.5, 0.6) is 5.75 Å². The molecule has 3 aliphatic heterocycles. The topological polar surface area (TPSA) is 121 Å². The first-order valence-corrected chi connectivity index (χ1v) is 14.9. The number of aromatic nitrogens is 4. The molecule has 11 nitrogen and oxygen atoms in total. The van der Waals surface area contributed by atoms with Crippen molar-refractivity contribution in [2.75, 3.05) is 50.1 Å². The molecular weight excluding hydrogens is 582 g/mol. The van der Waals surface area contributed by atoms with Crippen LogP contribution in [-0.2, 0) is 11.8 Å². The van der Waals surface area contributed by atoms with Gasteiger partial charge in [0.05, 0.1) is 55.8 Å². The molecule has 7 rings (SSSR count). The Balaban J connectivity index is 1.34. The van der Waals surface area contributed by atoms with Crippen LogP contribution in [0.15, 0.2) is 30.6 Å². The Morgan fingerprint density at radius 3 is 2.62 bits per heavy atom. The fraction of sp³-hybridized carbons (Fsp3) is 0.406. The van der Waals surface area contributed by atoms with Crippen LogP contribution in [0.1, 0.15) is 40.2 Å². The molecule has 3 fully saturated rings. The molecule has 3 saturated heterocycles. The monoisotopic (exact) mass is 616 g/mol. The van der Waals surface area contributed by atoms with E-state index in [-0.39, 0.29) is 5.60 Å². The van der Waals surface area contributed by atoms with Crippen molar-refractivity contribution in [3.05, 3.63) is 53.1 Å². The van der Waals surface area contributed by atoms with Gasteiger partial charge in [-0.1, -0.05) is 0 Å². The maximum atomic E-state index is 13.7. The van der Waals surface area contributed by atoms with Crippen molar-refractivity contribution in [3.63, 3.8) is 0 Å². The van der Waals surface area contributed by atoms with Gasteiger partial charge in [0.15, 0.2) is 0 Å². The number of anilines is 3. The summed E-state index contributed by atoms with van der Waals surface area (Å²) in [4.78, 5) is 30.8. The second-order valence-electron chi connectivity index (χ2n) is 12.2. The summed E-state index contributed by atoms with van der Waals surface area (Å²) in [5.41, 5.74) is 4.74. The first kappa shape index (κ1) is 29.1. The van der Waals surface area contributed by atoms with Crippen LogP contribution in [0.2, 0.25) is 0 Å². The molecule has 0 aromatic carbocycles. The number of alkyl halides is 2. The van der Waals surface area contributed by atoms with Crippen molar-refractivity contribution < 1.29 is 23.0 Å². The van der Waals surface area contributed by atoms with Crippen LogP contribution in [0.25, 0.3) is 22.2 Å². The molecule has 3 aliphatic rings. The molecule has 4 aromatic heterocycles. The third-order valence-corrected chi connectivity index (χ3v) is 9.12. The minimum atomic E-state index is -2.86. The van der Waals surface area contributed by atoms with Gasteiger partial charge in [-0.05, 0) is 44.4 Å². The summed E-state index contributed by atoms with van der Waals surface area (Å²) >= 11 is 0. The number of hydrogen-bond donors (Lipinski definition) is 2. The predicted molar refractivity (Wildman–Crippen MR) is 166 cm³/mol. The van der Waals surface area contributed by atoms with Gasteiger partial charge in [-0.3, -0.25) is 14.8 Å². The molecule has 0 aliphatic carbocycles. The zero-order valence-corrected chi connectivity index (χ0v) is 25.6. The second-order valence-corrected chi connectivity index (χ2v) is 12.2. The summed E-state index contributed by atoms with van der Waals surface area (Å²) in [6, 6.07) is 5.44. The number of aryl methyl sites for hydroxylation is 3. The van der Waals surface area contributed by atoms with Gasteiger partial charge >= 0.3 is 0 Å². The van der Waals surface area contributed by atoms with Crippen LogP contribution in [0.3, 0.4) is 0 Å². The number of hydrogen-bond acceptors (Lipinski definition) is 9. The van der Waals surface area contributed by atoms with Gasteiger partial charge < -0.3 is 34.6 Å². The Morgan fingerprint density at radius 2 is 1.96 bits per heavy atom. The largest absolute Gasteiger partial charge is 0.496 e. The van der Waals surface area contributed by atoms with Gasteiger partial charge in [0, 0.05) is 55.0 Å². The average Bonchev–Trinajstić information content (AvgIpc) is 3.58. The van der Waals surface area contributed by atoms with E-state index in [4.69, 9.17) is 24.9 Å². The van der Waals surface area contributed by atoms with Gasteiger partial charge in [-0.25, -0.2) is 13.8 Å². The number of halogens is 2. The number of nitrogens with one attached hydrogen (secondary N) is 2. The summed E-state index contributed by atoms with van der Waals surface area (Å²) in [5.74, 6) is -1.49. The highest BCUT2D eigenvalue weighted by molar-refractivity contribution is 6.06. The zero-order valence-electron chi connectivity index (χ0n) is 25.6. The van der Waals surface area contributed by atoms with Crippen molar-refractivity contribution in [1.82, 2.24) is 24.4 Å². The quantitative estimate of drug-likeness (QED) is 0.283. The third-order valence-electron chi connectivity index (χ3n) is 9.12. The van der Waals surface area contributed by atoms with Crippen molar-refractivity contribution in [2.45, 2.75) is 38.2 Å². The number of ether oxygens (including phenoxy) is 2. The highest BCUT2D eigenvalue weighted by atomic mass is 19.3. The molecule has 45 heavy (non-hydrogen) atoms. The fourth-order valence-corrected chi connectivity index (χ4v) is 6.84. The van der Waals surface area contributed by atoms with E-state index in [1.165, 1.54) is 11.1 Å². The van der Waals surface area contributed by atoms with E-state index in [1.54, 1.807) is 37.2 Å². The summed E-state index contributed by atoms with van der Waals surface area (Å²) in [6.45, 7) is 4.57. The molecular formula is C32H34F2N8O3. The van der Waals surface area contributed by atoms with Gasteiger partial charge in [0.1, 0.15) is 28.7 Å². The Labute approximate surface area is 258 Å². The minimum Gasteiger partial charge on any atom is -0.496 e. The number of carbonyl (C=O) groups is 1. The molecule has 1 amide bonds. The molecule has 1 spiro atoms. The normalized spacial score (nSPS) is 18.2. The molecule has 0 saturated carbocycles. The number of carbonyl (C=O) groups excluding carboxylic acids is 1. The number of fused-ring (bicyclic) bond motifs is 1. The van der Waals surface area contributed by atoms with E-state index in [1.807, 2.05) is 26.0 Å². The SMILES string of the molecule is COc1ccncc1-c1cc(Nc2cc3c(c(N4CC5(CCCO5)C4)n2)c(C)c(C(=O)N2CC(F)(F)C2)n3C)c(C=N)c(C)n1. The molecule has 4 aromatic rings. The summed E-state index contributed by atoms with van der Waals surface area (Å²) in [6.07, 6.45) is 6.56. The maximum Gasteiger partial charge on any atom is 0.282 e. The van der Waals surface area contributed by atoms with Crippen LogP contribution in [-0.4, -0.2) is 88.0 Å². The minimum absolute atomic E-state index is 0.199. The molecule has 7 heterocycles. The zero-order chi connectivity index (χ0) is 31.7. The maximum absolute atomic E-state index is 13.7. The van der Waals surface area contributed by atoms with Crippen LogP contribution in [0, 0.1) is 19.3 Å². The number of rotatable bonds is 7. The van der Waals surface area contributed by atoms with Crippen molar-refractivity contribution in [2.24, 2.45) is 7.05 Å². The van der Waals surface area contributed by atoms with E-state index >= 15 is 0 Å². The van der Waals surface area contributed by atoms with Crippen LogP contribution >= 0.6 is 0 Å². The number of likely N-dealkylation sites (tertiary alicyclic amines) is 1. The first-order chi connectivity index (χ1) is 21.5. The third kappa shape index (κ3) is 4.76. The lowest BCUT2D eigenvalue weighted by atomic mass is 9.90. The molecule has 0 atom stereocenters. The molecule has 0 radical (unpaired) electrons. The number of methoxy groups -OCH3 is 1. The van der Waals surface area contributed by atoms with Crippen molar-refractivity contribution >= 4 is 40.3 Å². The van der Waals surface area contributed by atoms with Crippen LogP contribution < -0.4 is 15.0 Å². The lowest BCUT2D eigenvalue weighted by Crippen LogP contribution is -2.61. The number of nitrogens with zero attached hydrogens (tertiary/aromatic N) is 6. The highest BCUT2D eigenvalue weighted by Crippen LogP contribution is 2.43. The lowest BCUT2D eigenvalue weighted by molar-refractivity contribution is -0.113. The van der Waals surface area contributed by atoms with E-state index < -0.39 is 24.9 Å². The van der Waals surface area contributed by atoms with E-state index in [2.05, 4.69) is 15.2 Å². The van der Waals surface area contributed by atoms with E-state index in [0.29, 0.717) is 69.9 Å². The summed E-state index contributed by atoms with van der Waals surface area (Å²) in [5, 5.41) is 12.4. The number of amides is 1. The smallest absolute Gasteiger partial charge is 0.282 e. The van der Waals surface area contributed by atoms with Gasteiger partial charge in [-0.2, -0.15) is 0 Å². The first-order valence-electron chi connectivity index (χ1n) is 14.9. The molecule has 2 N–H and O–H groups in total. The van der Waals surface area contributed by atoms with E-state index in [9.17, 15) is 13.6 Å². The fourth-order valence-electron chi connectivity index (χ4n) is 6.84. The number of pyridine rings is 3. The lowest BCUT2D eigenvalue weighted by Gasteiger charge is -2.48. The van der Waals surface area contributed by atoms with E-state index in [0.717, 1.165) is 30.4 Å². The molecule has 234 valence electrons. The molecule has 13 heteroatoms. The Hall–Kier alpha value is -4.65. The van der Waals surface area contributed by atoms with Gasteiger partial charge in [-0.15, -0.1) is 0 Å². The van der Waals surface area contributed by atoms with Crippen molar-refractivity contribution in [1.29, 1.82) is 5.41 Å². The van der Waals surface area contributed by atoms with Crippen molar-refractivity contribution in [3.8, 4) is 17.0 Å². The summed E-state index contributed by atoms with van der Waals surface area (Å²) < 4.78 is 40.8. The standard InChI is InChI=1S/C32H34F2N8O3/c1-18-27-24(40(3)28(18)30(43)42-16-32(33,34)17-42)11-26(39-29(27)41-14-31(15-41)7-5-9-45-31)38-22-10-23(37-19(2)20(22)12-35)21-13-36-8-6-25(21)44-4/h6,8,10-13,35H,5,7,9,14-17H2,1-4H3,(H,37,38,39). The van der Waals surface area contributed by atoms with Gasteiger partial charge in [0.2, 0.25) is 0 Å². The molecule has 0 unspecified atom stereocenters. The predicted octanol–water partition coefficient (Wildman–Crippen LogP) is 4.86. The molecule has 0 bridgehead atoms. The summed E-state index contributed by atoms with van der Waals surface area (Å²) in [7, 11) is 3.36. The average molecular weight is 617 g/mol. The Bertz CT molecular complexity index is 1850. The highest BCUT2D eigenvalue weighted by Gasteiger charge is 2.49. The van der Waals surface area contributed by atoms with Gasteiger partial charge in [0.25, 0.3) is 11.8 Å². The Kier molecular flexibility index (Phi) is 6.77.